The van der Waals surface area contributed by atoms with Crippen LogP contribution in [0.5, 0.6) is 0 Å². The lowest BCUT2D eigenvalue weighted by atomic mass is 10.1. The number of para-hydroxylation sites is 1. The van der Waals surface area contributed by atoms with Crippen molar-refractivity contribution in [2.75, 3.05) is 51.3 Å². The number of carbonyl (C=O) groups excluding carboxylic acids is 3. The lowest BCUT2D eigenvalue weighted by Gasteiger charge is -2.26. The second-order valence-electron chi connectivity index (χ2n) is 8.14. The van der Waals surface area contributed by atoms with Gasteiger partial charge in [0.1, 0.15) is 0 Å². The van der Waals surface area contributed by atoms with Crippen LogP contribution >= 0.6 is 0 Å². The van der Waals surface area contributed by atoms with Crippen molar-refractivity contribution in [3.8, 4) is 0 Å². The zero-order valence-corrected chi connectivity index (χ0v) is 17.9. The van der Waals surface area contributed by atoms with E-state index in [1.54, 1.807) is 29.2 Å². The minimum Gasteiger partial charge on any atom is -0.379 e. The molecule has 0 spiro atoms. The van der Waals surface area contributed by atoms with Gasteiger partial charge >= 0.3 is 0 Å². The van der Waals surface area contributed by atoms with E-state index in [9.17, 15) is 14.4 Å². The zero-order chi connectivity index (χ0) is 21.5. The second kappa shape index (κ2) is 10.5. The van der Waals surface area contributed by atoms with E-state index in [4.69, 9.17) is 4.74 Å². The summed E-state index contributed by atoms with van der Waals surface area (Å²) in [5.41, 5.74) is 0.908. The molecule has 0 aliphatic carbocycles. The number of likely N-dealkylation sites (tertiary alicyclic amines) is 1. The number of rotatable bonds is 8. The number of ether oxygens (including phenoxy) is 1. The molecule has 1 aromatic rings. The van der Waals surface area contributed by atoms with Crippen molar-refractivity contribution in [3.05, 3.63) is 29.8 Å². The van der Waals surface area contributed by atoms with Crippen LogP contribution in [0.2, 0.25) is 0 Å². The minimum absolute atomic E-state index is 0.00329. The van der Waals surface area contributed by atoms with Crippen LogP contribution in [0, 0.1) is 5.92 Å². The van der Waals surface area contributed by atoms with Crippen molar-refractivity contribution in [3.63, 3.8) is 0 Å². The standard InChI is InChI=1S/C22H32N4O4/c1-16(2)26-15-17(14-20(26)27)21(28)24-19-7-4-3-6-18(19)22(29)23-8-5-9-25-10-12-30-13-11-25/h3-4,6-7,16-17H,5,8-15H2,1-2H3,(H,23,29)(H,24,28)/t17-/m1/s1. The molecule has 0 bridgehead atoms. The highest BCUT2D eigenvalue weighted by Crippen LogP contribution is 2.23. The monoisotopic (exact) mass is 416 g/mol. The van der Waals surface area contributed by atoms with E-state index in [1.807, 2.05) is 13.8 Å². The molecule has 0 radical (unpaired) electrons. The molecule has 3 rings (SSSR count). The fraction of sp³-hybridized carbons (Fsp3) is 0.591. The first kappa shape index (κ1) is 22.2. The summed E-state index contributed by atoms with van der Waals surface area (Å²) in [6.07, 6.45) is 1.06. The molecular weight excluding hydrogens is 384 g/mol. The van der Waals surface area contributed by atoms with Gasteiger partial charge in [-0.3, -0.25) is 19.3 Å². The molecule has 2 N–H and O–H groups in total. The SMILES string of the molecule is CC(C)N1C[C@H](C(=O)Nc2ccccc2C(=O)NCCCN2CCOCC2)CC1=O. The van der Waals surface area contributed by atoms with Crippen LogP contribution < -0.4 is 10.6 Å². The van der Waals surface area contributed by atoms with E-state index >= 15 is 0 Å². The molecule has 0 aromatic heterocycles. The Hall–Kier alpha value is -2.45. The van der Waals surface area contributed by atoms with Crippen molar-refractivity contribution >= 4 is 23.4 Å². The normalized spacial score (nSPS) is 19.9. The van der Waals surface area contributed by atoms with Gasteiger partial charge in [-0.2, -0.15) is 0 Å². The van der Waals surface area contributed by atoms with Crippen LogP contribution in [0.1, 0.15) is 37.0 Å². The third-order valence-electron chi connectivity index (χ3n) is 5.62. The number of carbonyl (C=O) groups is 3. The predicted molar refractivity (Wildman–Crippen MR) is 114 cm³/mol. The molecule has 2 fully saturated rings. The van der Waals surface area contributed by atoms with Gasteiger partial charge in [-0.05, 0) is 38.9 Å². The molecule has 2 aliphatic heterocycles. The summed E-state index contributed by atoms with van der Waals surface area (Å²) in [5, 5.41) is 5.80. The summed E-state index contributed by atoms with van der Waals surface area (Å²) in [6, 6.07) is 7.05. The molecule has 2 aliphatic rings. The molecule has 0 unspecified atom stereocenters. The first-order chi connectivity index (χ1) is 14.5. The Morgan fingerprint density at radius 2 is 1.93 bits per heavy atom. The summed E-state index contributed by atoms with van der Waals surface area (Å²) in [7, 11) is 0. The quantitative estimate of drug-likeness (QED) is 0.624. The average Bonchev–Trinajstić information content (AvgIpc) is 3.14. The maximum absolute atomic E-state index is 12.7. The molecular formula is C22H32N4O4. The van der Waals surface area contributed by atoms with Crippen molar-refractivity contribution in [2.24, 2.45) is 5.92 Å². The summed E-state index contributed by atoms with van der Waals surface area (Å²) < 4.78 is 5.34. The highest BCUT2D eigenvalue weighted by atomic mass is 16.5. The first-order valence-electron chi connectivity index (χ1n) is 10.7. The van der Waals surface area contributed by atoms with Crippen molar-refractivity contribution < 1.29 is 19.1 Å². The van der Waals surface area contributed by atoms with Crippen molar-refractivity contribution in [1.29, 1.82) is 0 Å². The summed E-state index contributed by atoms with van der Waals surface area (Å²) >= 11 is 0. The van der Waals surface area contributed by atoms with E-state index in [0.717, 1.165) is 39.3 Å². The van der Waals surface area contributed by atoms with E-state index in [1.165, 1.54) is 0 Å². The smallest absolute Gasteiger partial charge is 0.253 e. The topological polar surface area (TPSA) is 91.0 Å². The van der Waals surface area contributed by atoms with Gasteiger partial charge in [0.25, 0.3) is 5.91 Å². The highest BCUT2D eigenvalue weighted by molar-refractivity contribution is 6.05. The Labute approximate surface area is 177 Å². The van der Waals surface area contributed by atoms with E-state index in [-0.39, 0.29) is 30.2 Å². The average molecular weight is 417 g/mol. The van der Waals surface area contributed by atoms with Crippen LogP contribution in [-0.2, 0) is 14.3 Å². The summed E-state index contributed by atoms with van der Waals surface area (Å²) in [4.78, 5) is 41.5. The van der Waals surface area contributed by atoms with Gasteiger partial charge in [0, 0.05) is 38.6 Å². The van der Waals surface area contributed by atoms with Crippen LogP contribution in [0.15, 0.2) is 24.3 Å². The maximum Gasteiger partial charge on any atom is 0.253 e. The molecule has 30 heavy (non-hydrogen) atoms. The van der Waals surface area contributed by atoms with E-state index in [0.29, 0.717) is 24.3 Å². The molecule has 2 heterocycles. The largest absolute Gasteiger partial charge is 0.379 e. The lowest BCUT2D eigenvalue weighted by molar-refractivity contribution is -0.129. The number of benzene rings is 1. The number of hydrogen-bond donors (Lipinski definition) is 2. The lowest BCUT2D eigenvalue weighted by Crippen LogP contribution is -2.38. The first-order valence-corrected chi connectivity index (χ1v) is 10.7. The number of amides is 3. The fourth-order valence-electron chi connectivity index (χ4n) is 3.86. The van der Waals surface area contributed by atoms with Gasteiger partial charge in [0.15, 0.2) is 0 Å². The number of nitrogens with zero attached hydrogens (tertiary/aromatic N) is 2. The van der Waals surface area contributed by atoms with E-state index < -0.39 is 5.92 Å². The molecule has 3 amide bonds. The molecule has 1 aromatic carbocycles. The molecule has 8 heteroatoms. The van der Waals surface area contributed by atoms with Gasteiger partial charge in [-0.15, -0.1) is 0 Å². The van der Waals surface area contributed by atoms with Crippen LogP contribution in [0.25, 0.3) is 0 Å². The summed E-state index contributed by atoms with van der Waals surface area (Å²) in [5.74, 6) is -0.834. The molecule has 0 saturated carbocycles. The summed E-state index contributed by atoms with van der Waals surface area (Å²) in [6.45, 7) is 9.18. The Balaban J connectivity index is 1.51. The van der Waals surface area contributed by atoms with Gasteiger partial charge in [0.2, 0.25) is 11.8 Å². The van der Waals surface area contributed by atoms with Gasteiger partial charge in [-0.25, -0.2) is 0 Å². The highest BCUT2D eigenvalue weighted by Gasteiger charge is 2.35. The third kappa shape index (κ3) is 5.79. The van der Waals surface area contributed by atoms with Gasteiger partial charge < -0.3 is 20.3 Å². The third-order valence-corrected chi connectivity index (χ3v) is 5.62. The Kier molecular flexibility index (Phi) is 7.81. The molecule has 1 atom stereocenters. The molecule has 8 nitrogen and oxygen atoms in total. The van der Waals surface area contributed by atoms with Crippen LogP contribution in [-0.4, -0.2) is 79.5 Å². The predicted octanol–water partition coefficient (Wildman–Crippen LogP) is 1.33. The molecule has 2 saturated heterocycles. The number of morpholine rings is 1. The van der Waals surface area contributed by atoms with Gasteiger partial charge in [-0.1, -0.05) is 12.1 Å². The minimum atomic E-state index is -0.399. The Morgan fingerprint density at radius 3 is 2.63 bits per heavy atom. The van der Waals surface area contributed by atoms with Crippen molar-refractivity contribution in [2.45, 2.75) is 32.7 Å². The van der Waals surface area contributed by atoms with Crippen molar-refractivity contribution in [1.82, 2.24) is 15.1 Å². The molecule has 164 valence electrons. The zero-order valence-electron chi connectivity index (χ0n) is 17.9. The number of nitrogens with one attached hydrogen (secondary N) is 2. The number of hydrogen-bond acceptors (Lipinski definition) is 5. The van der Waals surface area contributed by atoms with E-state index in [2.05, 4.69) is 15.5 Å². The Morgan fingerprint density at radius 1 is 1.20 bits per heavy atom. The number of anilines is 1. The Bertz CT molecular complexity index is 761. The van der Waals surface area contributed by atoms with Crippen LogP contribution in [0.4, 0.5) is 5.69 Å². The second-order valence-corrected chi connectivity index (χ2v) is 8.14. The van der Waals surface area contributed by atoms with Gasteiger partial charge in [0.05, 0.1) is 30.4 Å². The van der Waals surface area contributed by atoms with Crippen LogP contribution in [0.3, 0.4) is 0 Å². The fourth-order valence-corrected chi connectivity index (χ4v) is 3.86. The maximum atomic E-state index is 12.7.